The van der Waals surface area contributed by atoms with E-state index in [1.54, 1.807) is 0 Å². The molecule has 2 fully saturated rings. The Morgan fingerprint density at radius 2 is 2.11 bits per heavy atom. The fourth-order valence-corrected chi connectivity index (χ4v) is 3.19. The zero-order valence-corrected chi connectivity index (χ0v) is 13.1. The lowest BCUT2D eigenvalue weighted by atomic mass is 9.98. The lowest BCUT2D eigenvalue weighted by molar-refractivity contribution is -0.0480. The first-order valence-corrected chi connectivity index (χ1v) is 7.87. The topological polar surface area (TPSA) is 27.7 Å². The fraction of sp³-hybridized carbons (Fsp3) is 1.00. The predicted molar refractivity (Wildman–Crippen MR) is 79.5 cm³/mol. The molecule has 2 aliphatic heterocycles. The van der Waals surface area contributed by atoms with E-state index in [-0.39, 0.29) is 0 Å². The van der Waals surface area contributed by atoms with Crippen LogP contribution in [-0.2, 0) is 4.74 Å². The lowest BCUT2D eigenvalue weighted by Gasteiger charge is -2.44. The number of morpholine rings is 1. The number of nitrogens with one attached hydrogen (secondary N) is 1. The van der Waals surface area contributed by atoms with E-state index in [1.807, 2.05) is 0 Å². The summed E-state index contributed by atoms with van der Waals surface area (Å²) in [5, 5.41) is 3.70. The van der Waals surface area contributed by atoms with Crippen LogP contribution in [0.4, 0.5) is 0 Å². The second kappa shape index (κ2) is 7.02. The van der Waals surface area contributed by atoms with Gasteiger partial charge < -0.3 is 15.0 Å². The Bertz CT molecular complexity index is 272. The first-order chi connectivity index (χ1) is 9.10. The largest absolute Gasteiger partial charge is 0.374 e. The van der Waals surface area contributed by atoms with Crippen LogP contribution in [0, 0.1) is 5.92 Å². The monoisotopic (exact) mass is 269 g/mol. The van der Waals surface area contributed by atoms with Crippen molar-refractivity contribution in [1.82, 2.24) is 15.1 Å². The molecule has 19 heavy (non-hydrogen) atoms. The van der Waals surface area contributed by atoms with Crippen LogP contribution in [0.5, 0.6) is 0 Å². The Morgan fingerprint density at radius 3 is 2.74 bits per heavy atom. The molecular weight excluding hydrogens is 238 g/mol. The molecule has 0 bridgehead atoms. The third kappa shape index (κ3) is 4.15. The van der Waals surface area contributed by atoms with Crippen molar-refractivity contribution in [3.8, 4) is 0 Å². The first-order valence-electron chi connectivity index (χ1n) is 7.87. The quantitative estimate of drug-likeness (QED) is 0.825. The normalized spacial score (nSPS) is 34.9. The van der Waals surface area contributed by atoms with Crippen molar-refractivity contribution in [3.05, 3.63) is 0 Å². The SMILES string of the molecule is CCC1CNC(C(C)C)CN1CC1CN(C)CCO1. The van der Waals surface area contributed by atoms with Gasteiger partial charge in [0.05, 0.1) is 12.7 Å². The third-order valence-corrected chi connectivity index (χ3v) is 4.62. The molecule has 0 aromatic rings. The van der Waals surface area contributed by atoms with Gasteiger partial charge in [-0.25, -0.2) is 0 Å². The van der Waals surface area contributed by atoms with Gasteiger partial charge in [0.2, 0.25) is 0 Å². The fourth-order valence-electron chi connectivity index (χ4n) is 3.19. The molecule has 2 heterocycles. The summed E-state index contributed by atoms with van der Waals surface area (Å²) in [6.45, 7) is 13.3. The molecule has 2 rings (SSSR count). The maximum atomic E-state index is 5.94. The minimum atomic E-state index is 0.388. The molecule has 2 aliphatic rings. The van der Waals surface area contributed by atoms with E-state index in [9.17, 15) is 0 Å². The molecule has 0 saturated carbocycles. The Balaban J connectivity index is 1.90. The van der Waals surface area contributed by atoms with Crippen LogP contribution >= 0.6 is 0 Å². The molecule has 0 aliphatic carbocycles. The maximum Gasteiger partial charge on any atom is 0.0829 e. The highest BCUT2D eigenvalue weighted by Crippen LogP contribution is 2.17. The van der Waals surface area contributed by atoms with E-state index in [0.29, 0.717) is 24.1 Å². The summed E-state index contributed by atoms with van der Waals surface area (Å²) in [7, 11) is 2.20. The summed E-state index contributed by atoms with van der Waals surface area (Å²) in [6, 6.07) is 1.30. The van der Waals surface area contributed by atoms with Gasteiger partial charge in [-0.15, -0.1) is 0 Å². The summed E-state index contributed by atoms with van der Waals surface area (Å²) in [5.41, 5.74) is 0. The zero-order valence-electron chi connectivity index (χ0n) is 13.1. The van der Waals surface area contributed by atoms with Crippen LogP contribution in [0.25, 0.3) is 0 Å². The molecule has 112 valence electrons. The Hall–Kier alpha value is -0.160. The van der Waals surface area contributed by atoms with Crippen LogP contribution < -0.4 is 5.32 Å². The number of hydrogen-bond donors (Lipinski definition) is 1. The summed E-state index contributed by atoms with van der Waals surface area (Å²) in [6.07, 6.45) is 1.61. The van der Waals surface area contributed by atoms with Crippen molar-refractivity contribution >= 4 is 0 Å². The Morgan fingerprint density at radius 1 is 1.32 bits per heavy atom. The van der Waals surface area contributed by atoms with E-state index in [0.717, 1.165) is 32.8 Å². The van der Waals surface area contributed by atoms with Gasteiger partial charge in [0.15, 0.2) is 0 Å². The number of rotatable bonds is 4. The standard InChI is InChI=1S/C15H31N3O/c1-5-13-8-16-15(12(2)3)11-18(13)10-14-9-17(4)6-7-19-14/h12-16H,5-11H2,1-4H3. The molecule has 1 N–H and O–H groups in total. The number of piperazine rings is 1. The lowest BCUT2D eigenvalue weighted by Crippen LogP contribution is -2.60. The highest BCUT2D eigenvalue weighted by Gasteiger charge is 2.31. The average molecular weight is 269 g/mol. The molecule has 4 nitrogen and oxygen atoms in total. The van der Waals surface area contributed by atoms with Gasteiger partial charge in [0.25, 0.3) is 0 Å². The number of likely N-dealkylation sites (N-methyl/N-ethyl adjacent to an activating group) is 1. The van der Waals surface area contributed by atoms with Gasteiger partial charge in [0, 0.05) is 44.8 Å². The highest BCUT2D eigenvalue weighted by molar-refractivity contribution is 4.88. The van der Waals surface area contributed by atoms with E-state index < -0.39 is 0 Å². The van der Waals surface area contributed by atoms with Crippen molar-refractivity contribution in [1.29, 1.82) is 0 Å². The van der Waals surface area contributed by atoms with Crippen LogP contribution in [0.1, 0.15) is 27.2 Å². The van der Waals surface area contributed by atoms with Gasteiger partial charge in [-0.2, -0.15) is 0 Å². The van der Waals surface area contributed by atoms with Crippen LogP contribution in [-0.4, -0.2) is 74.4 Å². The van der Waals surface area contributed by atoms with Gasteiger partial charge in [-0.1, -0.05) is 20.8 Å². The summed E-state index contributed by atoms with van der Waals surface area (Å²) < 4.78 is 5.94. The molecule has 0 spiro atoms. The van der Waals surface area contributed by atoms with E-state index in [2.05, 4.69) is 42.9 Å². The van der Waals surface area contributed by atoms with Crippen LogP contribution in [0.2, 0.25) is 0 Å². The molecule has 4 heteroatoms. The predicted octanol–water partition coefficient (Wildman–Crippen LogP) is 1.03. The van der Waals surface area contributed by atoms with E-state index in [1.165, 1.54) is 13.0 Å². The minimum Gasteiger partial charge on any atom is -0.374 e. The summed E-state index contributed by atoms with van der Waals surface area (Å²) in [5.74, 6) is 0.704. The zero-order chi connectivity index (χ0) is 13.8. The van der Waals surface area contributed by atoms with Crippen LogP contribution in [0.3, 0.4) is 0 Å². The molecular formula is C15H31N3O. The minimum absolute atomic E-state index is 0.388. The highest BCUT2D eigenvalue weighted by atomic mass is 16.5. The first kappa shape index (κ1) is 15.2. The Kier molecular flexibility index (Phi) is 5.63. The number of hydrogen-bond acceptors (Lipinski definition) is 4. The smallest absolute Gasteiger partial charge is 0.0829 e. The second-order valence-electron chi connectivity index (χ2n) is 6.53. The molecule has 0 radical (unpaired) electrons. The summed E-state index contributed by atoms with van der Waals surface area (Å²) >= 11 is 0. The maximum absolute atomic E-state index is 5.94. The van der Waals surface area contributed by atoms with Crippen molar-refractivity contribution in [2.24, 2.45) is 5.92 Å². The number of ether oxygens (including phenoxy) is 1. The van der Waals surface area contributed by atoms with Crippen LogP contribution in [0.15, 0.2) is 0 Å². The van der Waals surface area contributed by atoms with Gasteiger partial charge in [-0.3, -0.25) is 4.90 Å². The molecule has 0 amide bonds. The van der Waals surface area contributed by atoms with E-state index >= 15 is 0 Å². The second-order valence-corrected chi connectivity index (χ2v) is 6.53. The molecule has 0 aromatic heterocycles. The number of nitrogens with zero attached hydrogens (tertiary/aromatic N) is 2. The Labute approximate surface area is 118 Å². The molecule has 3 atom stereocenters. The van der Waals surface area contributed by atoms with Gasteiger partial charge in [0.1, 0.15) is 0 Å². The molecule has 3 unspecified atom stereocenters. The van der Waals surface area contributed by atoms with Crippen molar-refractivity contribution in [2.75, 3.05) is 46.4 Å². The average Bonchev–Trinajstić information content (AvgIpc) is 2.38. The molecule has 2 saturated heterocycles. The van der Waals surface area contributed by atoms with Crippen molar-refractivity contribution in [2.45, 2.75) is 45.4 Å². The van der Waals surface area contributed by atoms with Crippen molar-refractivity contribution < 1.29 is 4.74 Å². The molecule has 0 aromatic carbocycles. The van der Waals surface area contributed by atoms with Crippen molar-refractivity contribution in [3.63, 3.8) is 0 Å². The van der Waals surface area contributed by atoms with Gasteiger partial charge >= 0.3 is 0 Å². The van der Waals surface area contributed by atoms with Gasteiger partial charge in [-0.05, 0) is 19.4 Å². The summed E-state index contributed by atoms with van der Waals surface area (Å²) in [4.78, 5) is 5.04. The van der Waals surface area contributed by atoms with E-state index in [4.69, 9.17) is 4.74 Å². The third-order valence-electron chi connectivity index (χ3n) is 4.62.